The summed E-state index contributed by atoms with van der Waals surface area (Å²) in [6.07, 6.45) is 10.7. The van der Waals surface area contributed by atoms with Crippen molar-refractivity contribution >= 4 is 0 Å². The molecule has 0 amide bonds. The van der Waals surface area contributed by atoms with Crippen molar-refractivity contribution in [3.63, 3.8) is 0 Å². The summed E-state index contributed by atoms with van der Waals surface area (Å²) >= 11 is 0. The van der Waals surface area contributed by atoms with Crippen LogP contribution in [0.4, 0.5) is 0 Å². The van der Waals surface area contributed by atoms with Crippen molar-refractivity contribution in [3.05, 3.63) is 0 Å². The van der Waals surface area contributed by atoms with Crippen molar-refractivity contribution < 1.29 is 0 Å². The molecule has 4 saturated carbocycles. The van der Waals surface area contributed by atoms with Gasteiger partial charge < -0.3 is 0 Å². The van der Waals surface area contributed by atoms with Gasteiger partial charge in [-0.25, -0.2) is 0 Å². The van der Waals surface area contributed by atoms with E-state index in [2.05, 4.69) is 20.8 Å². The maximum absolute atomic E-state index is 2.53. The van der Waals surface area contributed by atoms with Gasteiger partial charge in [-0.2, -0.15) is 0 Å². The predicted octanol–water partition coefficient (Wildman–Crippen LogP) is 4.39. The molecule has 0 aromatic rings. The standard InChI is InChI=1S/C14H24/c1-12(2)6-4-7-14-9-13(3,10-14)8-5-11(12)14/h11H,4-10H2,1-3H3/t11-,13?,14?/m0/s1. The predicted molar refractivity (Wildman–Crippen MR) is 60.1 cm³/mol. The van der Waals surface area contributed by atoms with Gasteiger partial charge in [0.1, 0.15) is 0 Å². The van der Waals surface area contributed by atoms with E-state index in [4.69, 9.17) is 0 Å². The first-order valence-corrected chi connectivity index (χ1v) is 6.46. The van der Waals surface area contributed by atoms with Crippen molar-refractivity contribution in [2.45, 2.75) is 65.7 Å². The van der Waals surface area contributed by atoms with Crippen LogP contribution in [0.25, 0.3) is 0 Å². The van der Waals surface area contributed by atoms with E-state index in [1.165, 1.54) is 25.7 Å². The fourth-order valence-electron chi connectivity index (χ4n) is 5.51. The molecule has 0 aromatic carbocycles. The maximum atomic E-state index is 2.53. The molecule has 4 aliphatic rings. The Morgan fingerprint density at radius 1 is 0.929 bits per heavy atom. The Balaban J connectivity index is 1.91. The fraction of sp³-hybridized carbons (Fsp3) is 1.00. The first kappa shape index (κ1) is 9.24. The van der Waals surface area contributed by atoms with Gasteiger partial charge in [-0.15, -0.1) is 0 Å². The number of fused-ring (bicyclic) bond motifs is 1. The van der Waals surface area contributed by atoms with E-state index in [1.54, 1.807) is 19.3 Å². The second kappa shape index (κ2) is 2.39. The Morgan fingerprint density at radius 3 is 2.36 bits per heavy atom. The molecule has 4 fully saturated rings. The molecule has 1 spiro atoms. The minimum atomic E-state index is 0.653. The molecule has 0 aliphatic heterocycles. The zero-order chi connectivity index (χ0) is 10.0. The van der Waals surface area contributed by atoms with Gasteiger partial charge in [0.2, 0.25) is 0 Å². The molecule has 80 valence electrons. The average Bonchev–Trinajstić information content (AvgIpc) is 1.99. The van der Waals surface area contributed by atoms with E-state index in [1.807, 2.05) is 0 Å². The van der Waals surface area contributed by atoms with Gasteiger partial charge in [0.25, 0.3) is 0 Å². The van der Waals surface area contributed by atoms with Crippen LogP contribution in [0.2, 0.25) is 0 Å². The third-order valence-corrected chi connectivity index (χ3v) is 5.77. The molecule has 14 heavy (non-hydrogen) atoms. The molecular weight excluding hydrogens is 168 g/mol. The topological polar surface area (TPSA) is 0 Å². The van der Waals surface area contributed by atoms with E-state index in [0.717, 1.165) is 16.7 Å². The van der Waals surface area contributed by atoms with Gasteiger partial charge in [-0.3, -0.25) is 0 Å². The Kier molecular flexibility index (Phi) is 1.58. The van der Waals surface area contributed by atoms with Crippen LogP contribution in [0.3, 0.4) is 0 Å². The first-order valence-electron chi connectivity index (χ1n) is 6.46. The molecule has 4 aliphatic carbocycles. The van der Waals surface area contributed by atoms with Crippen molar-refractivity contribution in [3.8, 4) is 0 Å². The van der Waals surface area contributed by atoms with E-state index < -0.39 is 0 Å². The van der Waals surface area contributed by atoms with E-state index in [-0.39, 0.29) is 0 Å². The molecule has 0 saturated heterocycles. The van der Waals surface area contributed by atoms with Crippen molar-refractivity contribution in [2.75, 3.05) is 0 Å². The summed E-state index contributed by atoms with van der Waals surface area (Å²) in [5.74, 6) is 1.06. The molecule has 4 rings (SSSR count). The summed E-state index contributed by atoms with van der Waals surface area (Å²) in [7, 11) is 0. The van der Waals surface area contributed by atoms with Crippen LogP contribution >= 0.6 is 0 Å². The molecule has 0 nitrogen and oxygen atoms in total. The molecule has 1 atom stereocenters. The van der Waals surface area contributed by atoms with Crippen LogP contribution in [0.15, 0.2) is 0 Å². The van der Waals surface area contributed by atoms with Gasteiger partial charge in [0, 0.05) is 0 Å². The minimum Gasteiger partial charge on any atom is -0.0596 e. The van der Waals surface area contributed by atoms with Crippen LogP contribution < -0.4 is 0 Å². The van der Waals surface area contributed by atoms with E-state index >= 15 is 0 Å². The summed E-state index contributed by atoms with van der Waals surface area (Å²) in [5.41, 5.74) is 2.23. The molecule has 0 unspecified atom stereocenters. The van der Waals surface area contributed by atoms with Crippen LogP contribution in [0.1, 0.15) is 65.7 Å². The maximum Gasteiger partial charge on any atom is -0.0254 e. The molecule has 0 N–H and O–H groups in total. The highest BCUT2D eigenvalue weighted by molar-refractivity contribution is 5.12. The third-order valence-electron chi connectivity index (χ3n) is 5.77. The van der Waals surface area contributed by atoms with Crippen molar-refractivity contribution in [2.24, 2.45) is 22.2 Å². The lowest BCUT2D eigenvalue weighted by molar-refractivity contribution is -0.186. The van der Waals surface area contributed by atoms with Crippen LogP contribution in [0, 0.1) is 22.2 Å². The van der Waals surface area contributed by atoms with Gasteiger partial charge >= 0.3 is 0 Å². The molecule has 0 aromatic heterocycles. The van der Waals surface area contributed by atoms with Crippen LogP contribution in [-0.2, 0) is 0 Å². The highest BCUT2D eigenvalue weighted by atomic mass is 14.7. The van der Waals surface area contributed by atoms with E-state index in [0.29, 0.717) is 5.41 Å². The zero-order valence-electron chi connectivity index (χ0n) is 10.0. The Morgan fingerprint density at radius 2 is 1.64 bits per heavy atom. The first-order chi connectivity index (χ1) is 6.46. The quantitative estimate of drug-likeness (QED) is 0.534. The van der Waals surface area contributed by atoms with Gasteiger partial charge in [-0.05, 0) is 60.7 Å². The summed E-state index contributed by atoms with van der Waals surface area (Å²) in [6.45, 7) is 7.58. The SMILES string of the molecule is CC12CC[C@H]3C(C)(C)CCCC3(C1)C2. The Bertz CT molecular complexity index is 255. The zero-order valence-corrected chi connectivity index (χ0v) is 10.0. The highest BCUT2D eigenvalue weighted by Gasteiger charge is 2.62. The lowest BCUT2D eigenvalue weighted by atomic mass is 9.36. The lowest BCUT2D eigenvalue weighted by Crippen LogP contribution is -2.59. The lowest BCUT2D eigenvalue weighted by Gasteiger charge is -2.69. The molecule has 2 bridgehead atoms. The largest absolute Gasteiger partial charge is 0.0596 e. The average molecular weight is 192 g/mol. The summed E-state index contributed by atoms with van der Waals surface area (Å²) in [5, 5.41) is 0. The van der Waals surface area contributed by atoms with Crippen LogP contribution in [-0.4, -0.2) is 0 Å². The molecular formula is C14H24. The van der Waals surface area contributed by atoms with Gasteiger partial charge in [0.05, 0.1) is 0 Å². The summed E-state index contributed by atoms with van der Waals surface area (Å²) < 4.78 is 0. The molecule has 0 radical (unpaired) electrons. The van der Waals surface area contributed by atoms with Gasteiger partial charge in [0.15, 0.2) is 0 Å². The van der Waals surface area contributed by atoms with E-state index in [9.17, 15) is 0 Å². The van der Waals surface area contributed by atoms with Gasteiger partial charge in [-0.1, -0.05) is 27.2 Å². The molecule has 0 heteroatoms. The number of hydrogen-bond acceptors (Lipinski definition) is 0. The fourth-order valence-corrected chi connectivity index (χ4v) is 5.51. The monoisotopic (exact) mass is 192 g/mol. The van der Waals surface area contributed by atoms with Crippen molar-refractivity contribution in [1.29, 1.82) is 0 Å². The Hall–Kier alpha value is 0. The summed E-state index contributed by atoms with van der Waals surface area (Å²) in [4.78, 5) is 0. The third kappa shape index (κ3) is 1.01. The Labute approximate surface area is 88.5 Å². The smallest absolute Gasteiger partial charge is 0.0254 e. The minimum absolute atomic E-state index is 0.653. The second-order valence-electron chi connectivity index (χ2n) is 7.46. The normalized spacial score (nSPS) is 54.6. The highest BCUT2D eigenvalue weighted by Crippen LogP contribution is 2.72. The number of hydrogen-bond donors (Lipinski definition) is 0. The summed E-state index contributed by atoms with van der Waals surface area (Å²) in [6, 6.07) is 0. The molecule has 0 heterocycles. The number of rotatable bonds is 0. The van der Waals surface area contributed by atoms with Crippen LogP contribution in [0.5, 0.6) is 0 Å². The van der Waals surface area contributed by atoms with Crippen molar-refractivity contribution in [1.82, 2.24) is 0 Å². The second-order valence-corrected chi connectivity index (χ2v) is 7.46.